The lowest BCUT2D eigenvalue weighted by molar-refractivity contribution is -0.137. The van der Waals surface area contributed by atoms with Crippen LogP contribution in [-0.4, -0.2) is 0 Å². The third kappa shape index (κ3) is 3.60. The lowest BCUT2D eigenvalue weighted by Crippen LogP contribution is -2.07. The molecule has 0 spiro atoms. The molecule has 0 aromatic heterocycles. The van der Waals surface area contributed by atoms with E-state index in [-0.39, 0.29) is 0 Å². The largest absolute Gasteiger partial charge is 0.416 e. The summed E-state index contributed by atoms with van der Waals surface area (Å²) < 4.78 is 50.9. The van der Waals surface area contributed by atoms with Gasteiger partial charge in [-0.1, -0.05) is 11.6 Å². The van der Waals surface area contributed by atoms with E-state index in [1.807, 2.05) is 0 Å². The third-order valence-electron chi connectivity index (χ3n) is 1.97. The number of rotatable bonds is 2. The molecule has 1 rings (SSSR count). The number of allylic oxidation sites excluding steroid dienone is 1. The van der Waals surface area contributed by atoms with Gasteiger partial charge in [-0.25, -0.2) is 4.39 Å². The summed E-state index contributed by atoms with van der Waals surface area (Å²) in [5.41, 5.74) is -2.15. The molecule has 0 radical (unpaired) electrons. The molecule has 0 unspecified atom stereocenters. The number of alkyl halides is 3. The van der Waals surface area contributed by atoms with Gasteiger partial charge in [-0.05, 0) is 12.1 Å². The predicted molar refractivity (Wildman–Crippen MR) is 59.3 cm³/mol. The van der Waals surface area contributed by atoms with Crippen molar-refractivity contribution in [2.75, 3.05) is 5.32 Å². The van der Waals surface area contributed by atoms with E-state index in [0.29, 0.717) is 12.1 Å². The summed E-state index contributed by atoms with van der Waals surface area (Å²) in [6.45, 7) is 0. The zero-order valence-electron chi connectivity index (χ0n) is 9.02. The fourth-order valence-corrected chi connectivity index (χ4v) is 1.32. The van der Waals surface area contributed by atoms with Gasteiger partial charge in [0.05, 0.1) is 16.3 Å². The van der Waals surface area contributed by atoms with Crippen molar-refractivity contribution < 1.29 is 17.6 Å². The molecule has 0 fully saturated rings. The maximum atomic E-state index is 13.5. The Morgan fingerprint density at radius 1 is 1.26 bits per heavy atom. The normalized spacial score (nSPS) is 10.3. The zero-order chi connectivity index (χ0) is 14.6. The van der Waals surface area contributed by atoms with E-state index in [0.717, 1.165) is 6.20 Å². The molecule has 0 aliphatic heterocycles. The Hall–Kier alpha value is -2.25. The van der Waals surface area contributed by atoms with Crippen LogP contribution < -0.4 is 5.32 Å². The van der Waals surface area contributed by atoms with Crippen LogP contribution in [0, 0.1) is 28.5 Å². The van der Waals surface area contributed by atoms with E-state index in [9.17, 15) is 17.6 Å². The minimum atomic E-state index is -4.69. The SMILES string of the molecule is N#CC(C#N)=CNc1cc(C(F)(F)F)cc(Cl)c1F. The highest BCUT2D eigenvalue weighted by Gasteiger charge is 2.32. The molecule has 0 aliphatic carbocycles. The number of nitrogens with zero attached hydrogens (tertiary/aromatic N) is 2. The molecule has 0 saturated carbocycles. The monoisotopic (exact) mass is 289 g/mol. The van der Waals surface area contributed by atoms with Crippen molar-refractivity contribution in [1.29, 1.82) is 10.5 Å². The van der Waals surface area contributed by atoms with Gasteiger partial charge in [-0.3, -0.25) is 0 Å². The molecule has 1 aromatic rings. The van der Waals surface area contributed by atoms with Gasteiger partial charge in [0.1, 0.15) is 17.7 Å². The van der Waals surface area contributed by atoms with Crippen LogP contribution in [0.5, 0.6) is 0 Å². The first-order valence-electron chi connectivity index (χ1n) is 4.62. The minimum absolute atomic E-state index is 0.423. The van der Waals surface area contributed by atoms with Crippen LogP contribution in [0.3, 0.4) is 0 Å². The maximum Gasteiger partial charge on any atom is 0.416 e. The molecule has 0 aliphatic rings. The Balaban J connectivity index is 3.23. The molecule has 0 heterocycles. The van der Waals surface area contributed by atoms with Crippen molar-refractivity contribution in [3.8, 4) is 12.1 Å². The first-order chi connectivity index (χ1) is 8.79. The summed E-state index contributed by atoms with van der Waals surface area (Å²) in [4.78, 5) is 0. The van der Waals surface area contributed by atoms with Crippen LogP contribution >= 0.6 is 11.6 Å². The summed E-state index contributed by atoms with van der Waals surface area (Å²) in [5.74, 6) is -1.11. The van der Waals surface area contributed by atoms with E-state index in [2.05, 4.69) is 5.32 Å². The number of hydrogen-bond acceptors (Lipinski definition) is 3. The highest BCUT2D eigenvalue weighted by atomic mass is 35.5. The number of anilines is 1. The second-order valence-corrected chi connectivity index (χ2v) is 3.65. The minimum Gasteiger partial charge on any atom is -0.357 e. The molecule has 19 heavy (non-hydrogen) atoms. The molecule has 0 atom stereocenters. The van der Waals surface area contributed by atoms with Crippen molar-refractivity contribution >= 4 is 17.3 Å². The van der Waals surface area contributed by atoms with Crippen LogP contribution in [0.2, 0.25) is 5.02 Å². The van der Waals surface area contributed by atoms with Crippen molar-refractivity contribution in [2.45, 2.75) is 6.18 Å². The summed E-state index contributed by atoms with van der Waals surface area (Å²) in [5, 5.41) is 18.2. The number of nitriles is 2. The Kier molecular flexibility index (Phi) is 4.36. The fourth-order valence-electron chi connectivity index (χ4n) is 1.10. The van der Waals surface area contributed by atoms with Crippen LogP contribution in [-0.2, 0) is 6.18 Å². The van der Waals surface area contributed by atoms with Crippen LogP contribution in [0.1, 0.15) is 5.56 Å². The first-order valence-corrected chi connectivity index (χ1v) is 5.00. The molecular formula is C11H4ClF4N3. The van der Waals surface area contributed by atoms with Gasteiger partial charge in [0, 0.05) is 6.20 Å². The molecule has 1 aromatic carbocycles. The topological polar surface area (TPSA) is 59.6 Å². The standard InChI is InChI=1S/C11H4ClF4N3/c12-8-1-7(11(14,15)16)2-9(10(8)13)19-5-6(3-17)4-18/h1-2,5,19H. The zero-order valence-corrected chi connectivity index (χ0v) is 9.77. The third-order valence-corrected chi connectivity index (χ3v) is 2.24. The second-order valence-electron chi connectivity index (χ2n) is 3.24. The number of halogens is 5. The summed E-state index contributed by atoms with van der Waals surface area (Å²) in [7, 11) is 0. The Morgan fingerprint density at radius 2 is 1.84 bits per heavy atom. The molecule has 0 saturated heterocycles. The Bertz CT molecular complexity index is 592. The van der Waals surface area contributed by atoms with Crippen molar-refractivity contribution in [3.05, 3.63) is 40.3 Å². The van der Waals surface area contributed by atoms with Crippen molar-refractivity contribution in [2.24, 2.45) is 0 Å². The maximum absolute atomic E-state index is 13.5. The van der Waals surface area contributed by atoms with Gasteiger partial charge in [0.15, 0.2) is 5.82 Å². The van der Waals surface area contributed by atoms with Crippen LogP contribution in [0.25, 0.3) is 0 Å². The average Bonchev–Trinajstić information content (AvgIpc) is 2.33. The molecule has 1 N–H and O–H groups in total. The lowest BCUT2D eigenvalue weighted by Gasteiger charge is -2.11. The fraction of sp³-hybridized carbons (Fsp3) is 0.0909. The summed E-state index contributed by atoms with van der Waals surface area (Å²) >= 11 is 5.34. The molecular weight excluding hydrogens is 286 g/mol. The molecule has 0 bridgehead atoms. The van der Waals surface area contributed by atoms with E-state index in [4.69, 9.17) is 22.1 Å². The van der Waals surface area contributed by atoms with Crippen molar-refractivity contribution in [3.63, 3.8) is 0 Å². The number of nitrogens with one attached hydrogen (secondary N) is 1. The van der Waals surface area contributed by atoms with Gasteiger partial charge >= 0.3 is 6.18 Å². The Labute approximate surface area is 110 Å². The second kappa shape index (κ2) is 5.59. The highest BCUT2D eigenvalue weighted by Crippen LogP contribution is 2.35. The Morgan fingerprint density at radius 3 is 2.32 bits per heavy atom. The van der Waals surface area contributed by atoms with Crippen LogP contribution in [0.4, 0.5) is 23.2 Å². The molecule has 98 valence electrons. The van der Waals surface area contributed by atoms with Gasteiger partial charge < -0.3 is 5.32 Å². The van der Waals surface area contributed by atoms with Gasteiger partial charge in [-0.2, -0.15) is 23.7 Å². The molecule has 3 nitrogen and oxygen atoms in total. The van der Waals surface area contributed by atoms with Crippen molar-refractivity contribution in [1.82, 2.24) is 0 Å². The predicted octanol–water partition coefficient (Wildman–Crippen LogP) is 3.84. The number of hydrogen-bond donors (Lipinski definition) is 1. The number of benzene rings is 1. The summed E-state index contributed by atoms with van der Waals surface area (Å²) in [6.07, 6.45) is -3.90. The average molecular weight is 290 g/mol. The van der Waals surface area contributed by atoms with E-state index >= 15 is 0 Å². The van der Waals surface area contributed by atoms with Gasteiger partial charge in [-0.15, -0.1) is 0 Å². The molecule has 0 amide bonds. The van der Waals surface area contributed by atoms with E-state index < -0.39 is 33.8 Å². The smallest absolute Gasteiger partial charge is 0.357 e. The quantitative estimate of drug-likeness (QED) is 0.664. The summed E-state index contributed by atoms with van der Waals surface area (Å²) in [6, 6.07) is 3.86. The molecule has 8 heteroatoms. The van der Waals surface area contributed by atoms with E-state index in [1.54, 1.807) is 0 Å². The lowest BCUT2D eigenvalue weighted by atomic mass is 10.2. The van der Waals surface area contributed by atoms with Gasteiger partial charge in [0.25, 0.3) is 0 Å². The highest BCUT2D eigenvalue weighted by molar-refractivity contribution is 6.31. The van der Waals surface area contributed by atoms with E-state index in [1.165, 1.54) is 12.1 Å². The first kappa shape index (κ1) is 14.8. The van der Waals surface area contributed by atoms with Gasteiger partial charge in [0.2, 0.25) is 0 Å². The van der Waals surface area contributed by atoms with Crippen LogP contribution in [0.15, 0.2) is 23.9 Å².